The first-order chi connectivity index (χ1) is 8.28. The number of rotatable bonds is 3. The number of alkyl carbamates (subject to hydrolysis) is 1. The molecular weight excluding hydrogens is 230 g/mol. The van der Waals surface area contributed by atoms with E-state index >= 15 is 0 Å². The van der Waals surface area contributed by atoms with Crippen LogP contribution in [-0.4, -0.2) is 17.5 Å². The van der Waals surface area contributed by atoms with E-state index < -0.39 is 11.7 Å². The number of amidine groups is 1. The molecule has 0 atom stereocenters. The zero-order valence-electron chi connectivity index (χ0n) is 10.9. The summed E-state index contributed by atoms with van der Waals surface area (Å²) in [6, 6.07) is 7.12. The van der Waals surface area contributed by atoms with Gasteiger partial charge in [0.05, 0.1) is 0 Å². The summed E-state index contributed by atoms with van der Waals surface area (Å²) in [6.07, 6.45) is -0.446. The van der Waals surface area contributed by atoms with Gasteiger partial charge in [-0.3, -0.25) is 5.41 Å². The fourth-order valence-corrected chi connectivity index (χ4v) is 1.29. The smallest absolute Gasteiger partial charge is 0.407 e. The molecule has 0 saturated heterocycles. The average molecular weight is 249 g/mol. The van der Waals surface area contributed by atoms with Crippen LogP contribution in [0.2, 0.25) is 0 Å². The Labute approximate surface area is 107 Å². The second-order valence-electron chi connectivity index (χ2n) is 4.97. The third-order valence-electron chi connectivity index (χ3n) is 2.10. The summed E-state index contributed by atoms with van der Waals surface area (Å²) >= 11 is 0. The summed E-state index contributed by atoms with van der Waals surface area (Å²) in [6.45, 7) is 5.82. The minimum absolute atomic E-state index is 0.0293. The number of ether oxygens (including phenoxy) is 1. The van der Waals surface area contributed by atoms with Gasteiger partial charge in [0, 0.05) is 12.1 Å². The molecule has 18 heavy (non-hydrogen) atoms. The SMILES string of the molecule is CC(C)(C)OC(=O)NCc1ccc(C(=N)N)cc1. The predicted molar refractivity (Wildman–Crippen MR) is 70.5 cm³/mol. The van der Waals surface area contributed by atoms with Crippen molar-refractivity contribution < 1.29 is 9.53 Å². The van der Waals surface area contributed by atoms with E-state index in [0.29, 0.717) is 12.1 Å². The van der Waals surface area contributed by atoms with Gasteiger partial charge < -0.3 is 15.8 Å². The summed E-state index contributed by atoms with van der Waals surface area (Å²) in [5.74, 6) is 0.0293. The number of nitrogens with one attached hydrogen (secondary N) is 2. The van der Waals surface area contributed by atoms with Gasteiger partial charge in [-0.2, -0.15) is 0 Å². The topological polar surface area (TPSA) is 88.2 Å². The van der Waals surface area contributed by atoms with Crippen molar-refractivity contribution in [2.45, 2.75) is 32.9 Å². The fraction of sp³-hybridized carbons (Fsp3) is 0.385. The van der Waals surface area contributed by atoms with E-state index in [9.17, 15) is 4.79 Å². The molecule has 0 saturated carbocycles. The molecule has 0 spiro atoms. The highest BCUT2D eigenvalue weighted by Gasteiger charge is 2.15. The Bertz CT molecular complexity index is 433. The van der Waals surface area contributed by atoms with Crippen LogP contribution in [0.25, 0.3) is 0 Å². The molecule has 0 fully saturated rings. The molecule has 5 heteroatoms. The second-order valence-corrected chi connectivity index (χ2v) is 4.97. The molecule has 0 aromatic heterocycles. The number of nitrogens with two attached hydrogens (primary N) is 1. The molecule has 4 N–H and O–H groups in total. The Morgan fingerprint density at radius 2 is 1.89 bits per heavy atom. The average Bonchev–Trinajstić information content (AvgIpc) is 2.24. The van der Waals surface area contributed by atoms with Gasteiger partial charge >= 0.3 is 6.09 Å². The first-order valence-corrected chi connectivity index (χ1v) is 5.68. The van der Waals surface area contributed by atoms with Gasteiger partial charge in [-0.05, 0) is 26.3 Å². The first kappa shape index (κ1) is 14.0. The van der Waals surface area contributed by atoms with Crippen molar-refractivity contribution >= 4 is 11.9 Å². The number of nitrogen functional groups attached to an aromatic ring is 1. The van der Waals surface area contributed by atoms with Crippen LogP contribution in [-0.2, 0) is 11.3 Å². The van der Waals surface area contributed by atoms with E-state index in [2.05, 4.69) is 5.32 Å². The van der Waals surface area contributed by atoms with Crippen molar-refractivity contribution in [3.05, 3.63) is 35.4 Å². The highest BCUT2D eigenvalue weighted by atomic mass is 16.6. The number of amides is 1. The van der Waals surface area contributed by atoms with Crippen LogP contribution in [0.15, 0.2) is 24.3 Å². The van der Waals surface area contributed by atoms with Crippen molar-refractivity contribution in [1.29, 1.82) is 5.41 Å². The Balaban J connectivity index is 2.49. The lowest BCUT2D eigenvalue weighted by molar-refractivity contribution is 0.0523. The predicted octanol–water partition coefficient (Wildman–Crippen LogP) is 2.00. The summed E-state index contributed by atoms with van der Waals surface area (Å²) in [7, 11) is 0. The molecular formula is C13H19N3O2. The maximum atomic E-state index is 11.4. The molecule has 0 radical (unpaired) electrons. The highest BCUT2D eigenvalue weighted by molar-refractivity contribution is 5.94. The monoisotopic (exact) mass is 249 g/mol. The van der Waals surface area contributed by atoms with E-state index in [0.717, 1.165) is 5.56 Å². The standard InChI is InChI=1S/C13H19N3O2/c1-13(2,3)18-12(17)16-8-9-4-6-10(7-5-9)11(14)15/h4-7H,8H2,1-3H3,(H3,14,15)(H,16,17). The highest BCUT2D eigenvalue weighted by Crippen LogP contribution is 2.07. The largest absolute Gasteiger partial charge is 0.444 e. The summed E-state index contributed by atoms with van der Waals surface area (Å²) in [5, 5.41) is 9.92. The molecule has 0 aliphatic heterocycles. The molecule has 5 nitrogen and oxygen atoms in total. The number of hydrogen-bond acceptors (Lipinski definition) is 3. The zero-order valence-corrected chi connectivity index (χ0v) is 10.9. The van der Waals surface area contributed by atoms with Gasteiger partial charge in [-0.25, -0.2) is 4.79 Å². The Morgan fingerprint density at radius 3 is 2.33 bits per heavy atom. The lowest BCUT2D eigenvalue weighted by atomic mass is 10.1. The molecule has 1 aromatic carbocycles. The van der Waals surface area contributed by atoms with Gasteiger partial charge in [-0.15, -0.1) is 0 Å². The van der Waals surface area contributed by atoms with Crippen LogP contribution < -0.4 is 11.1 Å². The van der Waals surface area contributed by atoms with E-state index in [1.807, 2.05) is 32.9 Å². The van der Waals surface area contributed by atoms with Gasteiger partial charge in [0.15, 0.2) is 0 Å². The number of carbonyl (C=O) groups is 1. The molecule has 0 aliphatic rings. The maximum absolute atomic E-state index is 11.4. The summed E-state index contributed by atoms with van der Waals surface area (Å²) in [5.41, 5.74) is 6.44. The normalized spacial score (nSPS) is 10.8. The molecule has 0 heterocycles. The van der Waals surface area contributed by atoms with Crippen molar-refractivity contribution in [1.82, 2.24) is 5.32 Å². The molecule has 1 rings (SSSR count). The molecule has 1 amide bonds. The third kappa shape index (κ3) is 4.86. The van der Waals surface area contributed by atoms with Crippen LogP contribution in [0, 0.1) is 5.41 Å². The van der Waals surface area contributed by atoms with E-state index in [4.69, 9.17) is 15.9 Å². The van der Waals surface area contributed by atoms with Crippen LogP contribution in [0.3, 0.4) is 0 Å². The second kappa shape index (κ2) is 5.53. The number of hydrogen-bond donors (Lipinski definition) is 3. The number of benzene rings is 1. The lowest BCUT2D eigenvalue weighted by Crippen LogP contribution is -2.32. The fourth-order valence-electron chi connectivity index (χ4n) is 1.29. The van der Waals surface area contributed by atoms with Gasteiger partial charge in [0.25, 0.3) is 0 Å². The van der Waals surface area contributed by atoms with Crippen LogP contribution in [0.1, 0.15) is 31.9 Å². The number of carbonyl (C=O) groups excluding carboxylic acids is 1. The molecule has 0 aliphatic carbocycles. The van der Waals surface area contributed by atoms with Crippen LogP contribution in [0.5, 0.6) is 0 Å². The summed E-state index contributed by atoms with van der Waals surface area (Å²) in [4.78, 5) is 11.4. The van der Waals surface area contributed by atoms with Crippen molar-refractivity contribution in [2.75, 3.05) is 0 Å². The Hall–Kier alpha value is -2.04. The quantitative estimate of drug-likeness (QED) is 0.565. The molecule has 1 aromatic rings. The Morgan fingerprint density at radius 1 is 1.33 bits per heavy atom. The van der Waals surface area contributed by atoms with Crippen molar-refractivity contribution in [2.24, 2.45) is 5.73 Å². The Kier molecular flexibility index (Phi) is 4.31. The molecule has 98 valence electrons. The zero-order chi connectivity index (χ0) is 13.8. The van der Waals surface area contributed by atoms with Gasteiger partial charge in [-0.1, -0.05) is 24.3 Å². The van der Waals surface area contributed by atoms with E-state index in [-0.39, 0.29) is 5.84 Å². The van der Waals surface area contributed by atoms with Crippen LogP contribution >= 0.6 is 0 Å². The van der Waals surface area contributed by atoms with Crippen LogP contribution in [0.4, 0.5) is 4.79 Å². The van der Waals surface area contributed by atoms with Crippen molar-refractivity contribution in [3.8, 4) is 0 Å². The molecule has 0 unspecified atom stereocenters. The first-order valence-electron chi connectivity index (χ1n) is 5.68. The van der Waals surface area contributed by atoms with Crippen molar-refractivity contribution in [3.63, 3.8) is 0 Å². The minimum Gasteiger partial charge on any atom is -0.444 e. The summed E-state index contributed by atoms with van der Waals surface area (Å²) < 4.78 is 5.12. The third-order valence-corrected chi connectivity index (χ3v) is 2.10. The van der Waals surface area contributed by atoms with E-state index in [1.165, 1.54) is 0 Å². The van der Waals surface area contributed by atoms with Gasteiger partial charge in [0.2, 0.25) is 0 Å². The maximum Gasteiger partial charge on any atom is 0.407 e. The molecule has 0 bridgehead atoms. The van der Waals surface area contributed by atoms with E-state index in [1.54, 1.807) is 12.1 Å². The lowest BCUT2D eigenvalue weighted by Gasteiger charge is -2.19. The minimum atomic E-state index is -0.497. The van der Waals surface area contributed by atoms with Gasteiger partial charge in [0.1, 0.15) is 11.4 Å².